The predicted molar refractivity (Wildman–Crippen MR) is 61.7 cm³/mol. The molecule has 17 heavy (non-hydrogen) atoms. The molecule has 1 saturated heterocycles. The summed E-state index contributed by atoms with van der Waals surface area (Å²) in [6, 6.07) is 3.73. The standard InChI is InChI=1S/C12H16N2O3/c1-9-2-5-13-10(8-9)12(17)3-6-14(7-4-12)11(15)16/h2,5,8,17H,3-4,6-7H2,1H3,(H,15,16). The zero-order valence-corrected chi connectivity index (χ0v) is 9.76. The normalized spacial score (nSPS) is 19.1. The lowest BCUT2D eigenvalue weighted by Gasteiger charge is -2.36. The topological polar surface area (TPSA) is 73.7 Å². The highest BCUT2D eigenvalue weighted by atomic mass is 16.4. The average molecular weight is 236 g/mol. The maximum absolute atomic E-state index is 10.8. The van der Waals surface area contributed by atoms with Gasteiger partial charge in [-0.3, -0.25) is 4.98 Å². The maximum Gasteiger partial charge on any atom is 0.407 e. The van der Waals surface area contributed by atoms with Crippen LogP contribution in [-0.2, 0) is 5.60 Å². The minimum absolute atomic E-state index is 0.349. The number of aryl methyl sites for hydroxylation is 1. The minimum atomic E-state index is -0.988. The van der Waals surface area contributed by atoms with Crippen molar-refractivity contribution < 1.29 is 15.0 Å². The van der Waals surface area contributed by atoms with E-state index in [1.807, 2.05) is 19.1 Å². The van der Waals surface area contributed by atoms with Crippen molar-refractivity contribution in [3.63, 3.8) is 0 Å². The van der Waals surface area contributed by atoms with Gasteiger partial charge in [0.1, 0.15) is 5.60 Å². The van der Waals surface area contributed by atoms with Gasteiger partial charge in [0.15, 0.2) is 0 Å². The lowest BCUT2D eigenvalue weighted by molar-refractivity contribution is -0.0247. The molecule has 0 aliphatic carbocycles. The second kappa shape index (κ2) is 4.33. The SMILES string of the molecule is Cc1ccnc(C2(O)CCN(C(=O)O)CC2)c1. The molecule has 2 N–H and O–H groups in total. The highest BCUT2D eigenvalue weighted by Gasteiger charge is 2.36. The molecule has 1 amide bonds. The molecule has 0 saturated carbocycles. The number of pyridine rings is 1. The zero-order valence-electron chi connectivity index (χ0n) is 9.76. The summed E-state index contributed by atoms with van der Waals surface area (Å²) in [6.45, 7) is 2.64. The molecule has 92 valence electrons. The van der Waals surface area contributed by atoms with Crippen molar-refractivity contribution in [3.05, 3.63) is 29.6 Å². The molecule has 0 aromatic carbocycles. The molecule has 0 unspecified atom stereocenters. The van der Waals surface area contributed by atoms with Crippen molar-refractivity contribution in [2.24, 2.45) is 0 Å². The van der Waals surface area contributed by atoms with Crippen LogP contribution in [0, 0.1) is 6.92 Å². The third-order valence-electron chi connectivity index (χ3n) is 3.25. The number of amides is 1. The molecule has 0 bridgehead atoms. The fraction of sp³-hybridized carbons (Fsp3) is 0.500. The Morgan fingerprint density at radius 1 is 1.47 bits per heavy atom. The first-order valence-corrected chi connectivity index (χ1v) is 5.65. The van der Waals surface area contributed by atoms with E-state index < -0.39 is 11.7 Å². The largest absolute Gasteiger partial charge is 0.465 e. The van der Waals surface area contributed by atoms with Gasteiger partial charge in [0, 0.05) is 19.3 Å². The second-order valence-electron chi connectivity index (χ2n) is 4.52. The Morgan fingerprint density at radius 2 is 2.12 bits per heavy atom. The van der Waals surface area contributed by atoms with Crippen LogP contribution in [0.2, 0.25) is 0 Å². The van der Waals surface area contributed by atoms with E-state index >= 15 is 0 Å². The van der Waals surface area contributed by atoms with Crippen molar-refractivity contribution in [1.29, 1.82) is 0 Å². The van der Waals surface area contributed by atoms with Crippen molar-refractivity contribution in [2.75, 3.05) is 13.1 Å². The summed E-state index contributed by atoms with van der Waals surface area (Å²) in [5.74, 6) is 0. The summed E-state index contributed by atoms with van der Waals surface area (Å²) in [5, 5.41) is 19.3. The summed E-state index contributed by atoms with van der Waals surface area (Å²) in [7, 11) is 0. The van der Waals surface area contributed by atoms with Crippen LogP contribution in [0.5, 0.6) is 0 Å². The van der Waals surface area contributed by atoms with Crippen LogP contribution in [0.4, 0.5) is 4.79 Å². The summed E-state index contributed by atoms with van der Waals surface area (Å²) in [4.78, 5) is 16.3. The quantitative estimate of drug-likeness (QED) is 0.772. The van der Waals surface area contributed by atoms with Crippen LogP contribution < -0.4 is 0 Å². The van der Waals surface area contributed by atoms with Crippen LogP contribution in [0.3, 0.4) is 0 Å². The minimum Gasteiger partial charge on any atom is -0.465 e. The van der Waals surface area contributed by atoms with E-state index in [4.69, 9.17) is 5.11 Å². The lowest BCUT2D eigenvalue weighted by atomic mass is 9.87. The first kappa shape index (κ1) is 11.9. The molecular formula is C12H16N2O3. The Balaban J connectivity index is 2.14. The third-order valence-corrected chi connectivity index (χ3v) is 3.25. The van der Waals surface area contributed by atoms with Crippen LogP contribution in [0.15, 0.2) is 18.3 Å². The third kappa shape index (κ3) is 2.39. The molecule has 0 spiro atoms. The number of carbonyl (C=O) groups is 1. The molecule has 1 aromatic rings. The Hall–Kier alpha value is -1.62. The summed E-state index contributed by atoms with van der Waals surface area (Å²) >= 11 is 0. The van der Waals surface area contributed by atoms with Gasteiger partial charge in [0.25, 0.3) is 0 Å². The van der Waals surface area contributed by atoms with Gasteiger partial charge < -0.3 is 15.1 Å². The predicted octanol–water partition coefficient (Wildman–Crippen LogP) is 1.35. The molecule has 2 rings (SSSR count). The maximum atomic E-state index is 10.8. The van der Waals surface area contributed by atoms with Gasteiger partial charge in [-0.05, 0) is 37.5 Å². The van der Waals surface area contributed by atoms with Gasteiger partial charge in [0.05, 0.1) is 5.69 Å². The number of likely N-dealkylation sites (tertiary alicyclic amines) is 1. The van der Waals surface area contributed by atoms with E-state index in [2.05, 4.69) is 4.98 Å². The molecule has 1 aliphatic rings. The number of aliphatic hydroxyl groups is 1. The number of carboxylic acid groups (broad SMARTS) is 1. The van der Waals surface area contributed by atoms with Gasteiger partial charge in [-0.2, -0.15) is 0 Å². The molecule has 5 heteroatoms. The Morgan fingerprint density at radius 3 is 2.65 bits per heavy atom. The number of nitrogens with zero attached hydrogens (tertiary/aromatic N) is 2. The Kier molecular flexibility index (Phi) is 3.02. The monoisotopic (exact) mass is 236 g/mol. The molecule has 1 aliphatic heterocycles. The van der Waals surface area contributed by atoms with E-state index in [0.29, 0.717) is 31.6 Å². The lowest BCUT2D eigenvalue weighted by Crippen LogP contribution is -2.45. The average Bonchev–Trinajstić information content (AvgIpc) is 2.29. The molecule has 5 nitrogen and oxygen atoms in total. The molecule has 0 atom stereocenters. The molecule has 2 heterocycles. The summed E-state index contributed by atoms with van der Waals surface area (Å²) in [5.41, 5.74) is 0.699. The fourth-order valence-electron chi connectivity index (χ4n) is 2.11. The molecule has 1 fully saturated rings. The van der Waals surface area contributed by atoms with Crippen LogP contribution in [0.1, 0.15) is 24.1 Å². The summed E-state index contributed by atoms with van der Waals surface area (Å²) < 4.78 is 0. The van der Waals surface area contributed by atoms with E-state index in [1.165, 1.54) is 4.90 Å². The molecular weight excluding hydrogens is 220 g/mol. The second-order valence-corrected chi connectivity index (χ2v) is 4.52. The number of aromatic nitrogens is 1. The van der Waals surface area contributed by atoms with Crippen LogP contribution >= 0.6 is 0 Å². The number of rotatable bonds is 1. The summed E-state index contributed by atoms with van der Waals surface area (Å²) in [6.07, 6.45) is 1.54. The molecule has 0 radical (unpaired) electrons. The van der Waals surface area contributed by atoms with E-state index in [9.17, 15) is 9.90 Å². The zero-order chi connectivity index (χ0) is 12.5. The smallest absolute Gasteiger partial charge is 0.407 e. The molecule has 1 aromatic heterocycles. The van der Waals surface area contributed by atoms with Gasteiger partial charge in [-0.1, -0.05) is 0 Å². The Labute approximate surface area is 99.7 Å². The highest BCUT2D eigenvalue weighted by Crippen LogP contribution is 2.31. The number of hydrogen-bond donors (Lipinski definition) is 2. The van der Waals surface area contributed by atoms with Gasteiger partial charge >= 0.3 is 6.09 Å². The highest BCUT2D eigenvalue weighted by molar-refractivity contribution is 5.65. The Bertz CT molecular complexity index is 426. The van der Waals surface area contributed by atoms with Crippen LogP contribution in [-0.4, -0.2) is 39.3 Å². The van der Waals surface area contributed by atoms with Gasteiger partial charge in [-0.15, -0.1) is 0 Å². The van der Waals surface area contributed by atoms with Crippen molar-refractivity contribution in [1.82, 2.24) is 9.88 Å². The van der Waals surface area contributed by atoms with Crippen molar-refractivity contribution in [3.8, 4) is 0 Å². The fourth-order valence-corrected chi connectivity index (χ4v) is 2.11. The van der Waals surface area contributed by atoms with Crippen LogP contribution in [0.25, 0.3) is 0 Å². The van der Waals surface area contributed by atoms with Crippen molar-refractivity contribution in [2.45, 2.75) is 25.4 Å². The number of piperidine rings is 1. The number of hydrogen-bond acceptors (Lipinski definition) is 3. The van der Waals surface area contributed by atoms with E-state index in [0.717, 1.165) is 5.56 Å². The first-order chi connectivity index (χ1) is 8.01. The van der Waals surface area contributed by atoms with Gasteiger partial charge in [0.2, 0.25) is 0 Å². The van der Waals surface area contributed by atoms with E-state index in [-0.39, 0.29) is 0 Å². The van der Waals surface area contributed by atoms with Gasteiger partial charge in [-0.25, -0.2) is 4.79 Å². The van der Waals surface area contributed by atoms with Crippen molar-refractivity contribution >= 4 is 6.09 Å². The first-order valence-electron chi connectivity index (χ1n) is 5.65. The van der Waals surface area contributed by atoms with E-state index in [1.54, 1.807) is 6.20 Å².